The number of carbonyl (C=O) groups excluding carboxylic acids is 1. The molecule has 0 aromatic carbocycles. The molecule has 0 saturated heterocycles. The number of carbonyl (C=O) groups is 1. The first-order chi connectivity index (χ1) is 8.58. The molecule has 4 N–H and O–H groups in total. The summed E-state index contributed by atoms with van der Waals surface area (Å²) in [6.45, 7) is 4.51. The molecule has 0 aromatic heterocycles. The Balaban J connectivity index is 0.00000324. The van der Waals surface area contributed by atoms with E-state index >= 15 is 0 Å². The summed E-state index contributed by atoms with van der Waals surface area (Å²) in [5, 5.41) is 12.8. The van der Waals surface area contributed by atoms with Gasteiger partial charge >= 0.3 is 0 Å². The van der Waals surface area contributed by atoms with Crippen LogP contribution in [-0.4, -0.2) is 29.7 Å². The molecule has 1 fully saturated rings. The molecule has 5 heteroatoms. The third-order valence-corrected chi connectivity index (χ3v) is 4.16. The summed E-state index contributed by atoms with van der Waals surface area (Å²) >= 11 is 0. The van der Waals surface area contributed by atoms with Crippen LogP contribution in [0.4, 0.5) is 0 Å². The molecular weight excluding hydrogens is 264 g/mol. The van der Waals surface area contributed by atoms with E-state index in [2.05, 4.69) is 19.2 Å². The van der Waals surface area contributed by atoms with Crippen LogP contribution in [0.5, 0.6) is 0 Å². The Hall–Kier alpha value is -0.320. The van der Waals surface area contributed by atoms with Crippen LogP contribution in [0, 0.1) is 11.8 Å². The molecule has 0 spiro atoms. The molecule has 0 aliphatic heterocycles. The molecule has 0 bridgehead atoms. The Morgan fingerprint density at radius 2 is 2.00 bits per heavy atom. The summed E-state index contributed by atoms with van der Waals surface area (Å²) in [5.74, 6) is 0.386. The quantitative estimate of drug-likeness (QED) is 0.699. The summed E-state index contributed by atoms with van der Waals surface area (Å²) in [5.41, 5.74) is 5.88. The number of hydrogen-bond donors (Lipinski definition) is 3. The maximum Gasteiger partial charge on any atom is 0.223 e. The maximum absolute atomic E-state index is 12.0. The standard InChI is InChI=1S/C14H28N2O2.ClH/c1-3-10(4-2)13(17)9-16-14(18)11-6-5-7-12(15)8-11;/h10-13,17H,3-9,15H2,1-2H3,(H,16,18);1H. The maximum atomic E-state index is 12.0. The molecule has 1 amide bonds. The van der Waals surface area contributed by atoms with Gasteiger partial charge in [0, 0.05) is 18.5 Å². The molecule has 1 saturated carbocycles. The molecule has 0 radical (unpaired) electrons. The highest BCUT2D eigenvalue weighted by Gasteiger charge is 2.26. The number of amides is 1. The zero-order valence-corrected chi connectivity index (χ0v) is 12.9. The Morgan fingerprint density at radius 1 is 1.37 bits per heavy atom. The third-order valence-electron chi connectivity index (χ3n) is 4.16. The first kappa shape index (κ1) is 18.7. The lowest BCUT2D eigenvalue weighted by molar-refractivity contribution is -0.126. The van der Waals surface area contributed by atoms with Gasteiger partial charge in [0.2, 0.25) is 5.91 Å². The van der Waals surface area contributed by atoms with Gasteiger partial charge in [-0.25, -0.2) is 0 Å². The van der Waals surface area contributed by atoms with Crippen molar-refractivity contribution in [3.8, 4) is 0 Å². The Bertz CT molecular complexity index is 260. The molecule has 0 aromatic rings. The molecule has 1 aliphatic carbocycles. The van der Waals surface area contributed by atoms with Crippen molar-refractivity contribution in [2.45, 2.75) is 64.5 Å². The van der Waals surface area contributed by atoms with Crippen LogP contribution in [0.2, 0.25) is 0 Å². The number of aliphatic hydroxyl groups excluding tert-OH is 1. The number of hydrogen-bond acceptors (Lipinski definition) is 3. The van der Waals surface area contributed by atoms with Crippen LogP contribution < -0.4 is 11.1 Å². The Morgan fingerprint density at radius 3 is 2.53 bits per heavy atom. The average molecular weight is 293 g/mol. The molecule has 0 heterocycles. The Labute approximate surface area is 122 Å². The second-order valence-corrected chi connectivity index (χ2v) is 5.51. The molecule has 4 nitrogen and oxygen atoms in total. The zero-order chi connectivity index (χ0) is 13.5. The van der Waals surface area contributed by atoms with Crippen molar-refractivity contribution in [3.63, 3.8) is 0 Å². The van der Waals surface area contributed by atoms with Gasteiger partial charge in [0.15, 0.2) is 0 Å². The van der Waals surface area contributed by atoms with Crippen molar-refractivity contribution < 1.29 is 9.90 Å². The molecule has 1 aliphatic rings. The van der Waals surface area contributed by atoms with Gasteiger partial charge in [-0.3, -0.25) is 4.79 Å². The first-order valence-electron chi connectivity index (χ1n) is 7.29. The fourth-order valence-corrected chi connectivity index (χ4v) is 2.81. The van der Waals surface area contributed by atoms with Crippen molar-refractivity contribution in [1.82, 2.24) is 5.32 Å². The van der Waals surface area contributed by atoms with E-state index in [1.807, 2.05) is 0 Å². The van der Waals surface area contributed by atoms with E-state index < -0.39 is 6.10 Å². The summed E-state index contributed by atoms with van der Waals surface area (Å²) in [6.07, 6.45) is 5.24. The van der Waals surface area contributed by atoms with Crippen molar-refractivity contribution >= 4 is 18.3 Å². The minimum absolute atomic E-state index is 0. The van der Waals surface area contributed by atoms with Gasteiger partial charge < -0.3 is 16.2 Å². The highest BCUT2D eigenvalue weighted by Crippen LogP contribution is 2.23. The van der Waals surface area contributed by atoms with E-state index in [1.54, 1.807) is 0 Å². The summed E-state index contributed by atoms with van der Waals surface area (Å²) in [7, 11) is 0. The largest absolute Gasteiger partial charge is 0.391 e. The van der Waals surface area contributed by atoms with Gasteiger partial charge in [-0.2, -0.15) is 0 Å². The second kappa shape index (κ2) is 9.56. The smallest absolute Gasteiger partial charge is 0.223 e. The normalized spacial score (nSPS) is 24.7. The molecule has 3 atom stereocenters. The zero-order valence-electron chi connectivity index (χ0n) is 12.1. The lowest BCUT2D eigenvalue weighted by Crippen LogP contribution is -2.42. The Kier molecular flexibility index (Phi) is 9.40. The number of nitrogens with two attached hydrogens (primary N) is 1. The number of nitrogens with one attached hydrogen (secondary N) is 1. The average Bonchev–Trinajstić information content (AvgIpc) is 2.37. The number of aliphatic hydroxyl groups is 1. The van der Waals surface area contributed by atoms with Crippen LogP contribution >= 0.6 is 12.4 Å². The van der Waals surface area contributed by atoms with Gasteiger partial charge in [0.1, 0.15) is 0 Å². The summed E-state index contributed by atoms with van der Waals surface area (Å²) < 4.78 is 0. The molecule has 114 valence electrons. The number of rotatable bonds is 6. The van der Waals surface area contributed by atoms with Gasteiger partial charge in [-0.1, -0.05) is 33.1 Å². The lowest BCUT2D eigenvalue weighted by Gasteiger charge is -2.27. The van der Waals surface area contributed by atoms with Crippen LogP contribution in [0.1, 0.15) is 52.4 Å². The van der Waals surface area contributed by atoms with E-state index in [-0.39, 0.29) is 36.2 Å². The predicted molar refractivity (Wildman–Crippen MR) is 80.3 cm³/mol. The van der Waals surface area contributed by atoms with Crippen LogP contribution in [0.15, 0.2) is 0 Å². The monoisotopic (exact) mass is 292 g/mol. The fraction of sp³-hybridized carbons (Fsp3) is 0.929. The van der Waals surface area contributed by atoms with Crippen LogP contribution in [0.3, 0.4) is 0 Å². The molecule has 3 unspecified atom stereocenters. The molecule has 19 heavy (non-hydrogen) atoms. The number of halogens is 1. The third kappa shape index (κ3) is 6.11. The van der Waals surface area contributed by atoms with Crippen molar-refractivity contribution in [3.05, 3.63) is 0 Å². The molecular formula is C14H29ClN2O2. The van der Waals surface area contributed by atoms with Gasteiger partial charge in [0.25, 0.3) is 0 Å². The first-order valence-corrected chi connectivity index (χ1v) is 7.29. The van der Waals surface area contributed by atoms with E-state index in [9.17, 15) is 9.90 Å². The predicted octanol–water partition coefficient (Wildman–Crippen LogP) is 1.84. The molecule has 1 rings (SSSR count). The minimum Gasteiger partial charge on any atom is -0.391 e. The second-order valence-electron chi connectivity index (χ2n) is 5.51. The van der Waals surface area contributed by atoms with Crippen LogP contribution in [0.25, 0.3) is 0 Å². The fourth-order valence-electron chi connectivity index (χ4n) is 2.81. The van der Waals surface area contributed by atoms with E-state index in [4.69, 9.17) is 5.73 Å². The summed E-state index contributed by atoms with van der Waals surface area (Å²) in [6, 6.07) is 0.165. The van der Waals surface area contributed by atoms with Crippen molar-refractivity contribution in [1.29, 1.82) is 0 Å². The highest BCUT2D eigenvalue weighted by atomic mass is 35.5. The van der Waals surface area contributed by atoms with Gasteiger partial charge in [-0.05, 0) is 25.2 Å². The van der Waals surface area contributed by atoms with Gasteiger partial charge in [-0.15, -0.1) is 12.4 Å². The topological polar surface area (TPSA) is 75.3 Å². The lowest BCUT2D eigenvalue weighted by atomic mass is 9.85. The summed E-state index contributed by atoms with van der Waals surface area (Å²) in [4.78, 5) is 12.0. The van der Waals surface area contributed by atoms with Gasteiger partial charge in [0.05, 0.1) is 6.10 Å². The minimum atomic E-state index is -0.429. The van der Waals surface area contributed by atoms with Crippen LogP contribution in [-0.2, 0) is 4.79 Å². The highest BCUT2D eigenvalue weighted by molar-refractivity contribution is 5.85. The van der Waals surface area contributed by atoms with E-state index in [0.29, 0.717) is 6.54 Å². The van der Waals surface area contributed by atoms with E-state index in [0.717, 1.165) is 38.5 Å². The van der Waals surface area contributed by atoms with Crippen molar-refractivity contribution in [2.75, 3.05) is 6.54 Å². The van der Waals surface area contributed by atoms with Crippen molar-refractivity contribution in [2.24, 2.45) is 17.6 Å². The SMILES string of the molecule is CCC(CC)C(O)CNC(=O)C1CCCC(N)C1.Cl. The van der Waals surface area contributed by atoms with E-state index in [1.165, 1.54) is 0 Å².